The summed E-state index contributed by atoms with van der Waals surface area (Å²) in [6.07, 6.45) is -8.42. The lowest BCUT2D eigenvalue weighted by Gasteiger charge is -2.30. The highest BCUT2D eigenvalue weighted by molar-refractivity contribution is 14.1. The van der Waals surface area contributed by atoms with Crippen LogP contribution in [0, 0.1) is 33.2 Å². The predicted octanol–water partition coefficient (Wildman–Crippen LogP) is -1.80. The van der Waals surface area contributed by atoms with Crippen molar-refractivity contribution < 1.29 is 97.1 Å². The van der Waals surface area contributed by atoms with Crippen molar-refractivity contribution in [2.24, 2.45) is 69.0 Å². The molecule has 0 radical (unpaired) electrons. The van der Waals surface area contributed by atoms with Crippen molar-refractivity contribution >= 4 is 144 Å². The molecule has 1 saturated heterocycles. The largest absolute Gasteiger partial charge is 0.508 e. The van der Waals surface area contributed by atoms with E-state index in [9.17, 15) is 68.4 Å². The van der Waals surface area contributed by atoms with Gasteiger partial charge in [-0.1, -0.05) is 45.0 Å². The van der Waals surface area contributed by atoms with Crippen LogP contribution in [0.15, 0.2) is 53.7 Å². The summed E-state index contributed by atoms with van der Waals surface area (Å²) < 4.78 is 1.63. The van der Waals surface area contributed by atoms with Gasteiger partial charge in [0, 0.05) is 113 Å². The van der Waals surface area contributed by atoms with Gasteiger partial charge in [0.1, 0.15) is 22.8 Å². The normalized spacial score (nSPS) is 24.2. The number of aliphatic hydroxyl groups is 1. The van der Waals surface area contributed by atoms with Crippen molar-refractivity contribution in [3.63, 3.8) is 0 Å². The topological polar surface area (TPSA) is 629 Å². The van der Waals surface area contributed by atoms with Crippen molar-refractivity contribution in [1.29, 1.82) is 0 Å². The molecule has 4 bridgehead atoms. The molecular formula is C71H98IN17O20S2. The molecule has 606 valence electrons. The number of urea groups is 1. The molecule has 10 amide bonds. The van der Waals surface area contributed by atoms with Gasteiger partial charge in [0.15, 0.2) is 40.7 Å². The van der Waals surface area contributed by atoms with Gasteiger partial charge in [0.2, 0.25) is 47.3 Å². The van der Waals surface area contributed by atoms with Crippen LogP contribution in [-0.2, 0) is 97.7 Å². The number of hydrogen-bond donors (Lipinski definition) is 16. The zero-order valence-electron chi connectivity index (χ0n) is 61.2. The number of benzene rings is 2. The zero-order chi connectivity index (χ0) is 81.8. The Morgan fingerprint density at radius 1 is 0.721 bits per heavy atom. The Hall–Kier alpha value is -9.68. The third-order valence-electron chi connectivity index (χ3n) is 19.2. The number of carboxylic acid groups (broad SMARTS) is 1. The van der Waals surface area contributed by atoms with Crippen molar-refractivity contribution in [2.75, 3.05) is 31.9 Å². The number of carboxylic acids is 1. The minimum atomic E-state index is -1.96. The molecule has 111 heavy (non-hydrogen) atoms. The lowest BCUT2D eigenvalue weighted by molar-refractivity contribution is -0.148. The number of aliphatic carboxylic acids is 1. The molecule has 0 saturated carbocycles. The average molecular weight is 1700 g/mol. The maximum Gasteiger partial charge on any atom is 0.312 e. The number of amides is 10. The molecular weight excluding hydrogens is 1600 g/mol. The Labute approximate surface area is 660 Å². The molecule has 0 unspecified atom stereocenters. The van der Waals surface area contributed by atoms with Gasteiger partial charge in [-0.2, -0.15) is 0 Å². The molecule has 3 aliphatic rings. The van der Waals surface area contributed by atoms with Crippen molar-refractivity contribution in [2.45, 2.75) is 189 Å². The molecule has 0 spiro atoms. The molecule has 1 fully saturated rings. The first-order valence-electron chi connectivity index (χ1n) is 36.3. The summed E-state index contributed by atoms with van der Waals surface area (Å²) in [6.45, 7) is 0.0754. The first kappa shape index (κ1) is 90.2. The van der Waals surface area contributed by atoms with E-state index in [0.717, 1.165) is 11.8 Å². The molecule has 40 heteroatoms. The summed E-state index contributed by atoms with van der Waals surface area (Å²) in [5.74, 6) is -23.1. The molecule has 6 rings (SSSR count). The Balaban J connectivity index is 1.61. The number of nitrogens with two attached hydrogens (primary N) is 6. The van der Waals surface area contributed by atoms with E-state index in [-0.39, 0.29) is 114 Å². The number of aromatic hydroxyl groups is 2. The summed E-state index contributed by atoms with van der Waals surface area (Å²) in [7, 11) is 1.28. The summed E-state index contributed by atoms with van der Waals surface area (Å²) in [6, 6.07) is -0.773. The van der Waals surface area contributed by atoms with Crippen LogP contribution in [0.1, 0.15) is 133 Å². The molecule has 4 heterocycles. The predicted molar refractivity (Wildman–Crippen MR) is 410 cm³/mol. The SMILES string of the molecule is C[C@@H](O)[C@@H]1NC(=O)[C@H]2CC(=O)[C@@H](NC(=O)CN)CCCn3cc(nn3)C[C@H](NC(=O)[C@H](CCCN=C(N)N)CC(=O)[C@@H]3CCCN3C(=O)[C@H](CC(=O)O)CC1=O)C(=O)C[C@@H](CCCNC(N)=O)C(=O)N[C@@H](Cc1ccc(O)c(I)c1)C(=O)C[C@@H](CCC(N)=O)C(=O)N[C@H](C(=O)C[C@@H](Cc1ccc(O)cc1)C(N)=O)CSS2. The number of guanidine groups is 1. The van der Waals surface area contributed by atoms with Gasteiger partial charge in [-0.3, -0.25) is 81.6 Å². The number of carbonyl (C=O) groups is 16. The van der Waals surface area contributed by atoms with Gasteiger partial charge < -0.3 is 91.6 Å². The van der Waals surface area contributed by atoms with Crippen LogP contribution in [-0.4, -0.2) is 220 Å². The van der Waals surface area contributed by atoms with Gasteiger partial charge in [0.05, 0.1) is 64.5 Å². The van der Waals surface area contributed by atoms with Crippen LogP contribution in [0.3, 0.4) is 0 Å². The smallest absolute Gasteiger partial charge is 0.312 e. The highest BCUT2D eigenvalue weighted by Crippen LogP contribution is 2.34. The van der Waals surface area contributed by atoms with Crippen molar-refractivity contribution in [3.8, 4) is 11.5 Å². The molecule has 0 aliphatic carbocycles. The summed E-state index contributed by atoms with van der Waals surface area (Å²) in [5, 5.41) is 64.6. The number of fused-ring (bicyclic) bond motifs is 8. The Morgan fingerprint density at radius 3 is 2.01 bits per heavy atom. The Bertz CT molecular complexity index is 3920. The highest BCUT2D eigenvalue weighted by Gasteiger charge is 2.43. The Kier molecular flexibility index (Phi) is 36.1. The number of rotatable bonds is 24. The Morgan fingerprint density at radius 2 is 1.36 bits per heavy atom. The summed E-state index contributed by atoms with van der Waals surface area (Å²) in [5.41, 5.74) is 34.8. The number of halogens is 1. The number of nitrogens with zero attached hydrogens (tertiary/aromatic N) is 5. The maximum absolute atomic E-state index is 15.4. The van der Waals surface area contributed by atoms with E-state index in [1.54, 1.807) is 0 Å². The fourth-order valence-corrected chi connectivity index (χ4v) is 16.4. The van der Waals surface area contributed by atoms with E-state index in [4.69, 9.17) is 34.4 Å². The second-order valence-electron chi connectivity index (χ2n) is 27.9. The highest BCUT2D eigenvalue weighted by atomic mass is 127. The average Bonchev–Trinajstić information content (AvgIpc) is 1.74. The second kappa shape index (κ2) is 44.4. The number of primary amides is 3. The monoisotopic (exact) mass is 1700 g/mol. The van der Waals surface area contributed by atoms with E-state index < -0.39 is 248 Å². The van der Waals surface area contributed by atoms with E-state index in [2.05, 4.69) is 47.2 Å². The molecule has 3 aliphatic heterocycles. The van der Waals surface area contributed by atoms with E-state index >= 15 is 28.8 Å². The lowest BCUT2D eigenvalue weighted by Crippen LogP contribution is -2.52. The van der Waals surface area contributed by atoms with Gasteiger partial charge in [-0.05, 0) is 136 Å². The minimum Gasteiger partial charge on any atom is -0.508 e. The van der Waals surface area contributed by atoms with E-state index in [0.29, 0.717) is 36.3 Å². The summed E-state index contributed by atoms with van der Waals surface area (Å²) >= 11 is 1.83. The molecule has 22 N–H and O–H groups in total. The fourth-order valence-electron chi connectivity index (χ4n) is 13.2. The van der Waals surface area contributed by atoms with Crippen LogP contribution >= 0.6 is 44.2 Å². The molecule has 3 aromatic rings. The third-order valence-corrected chi connectivity index (χ3v) is 22.8. The molecule has 37 nitrogen and oxygen atoms in total. The van der Waals surface area contributed by atoms with Crippen LogP contribution in [0.5, 0.6) is 11.5 Å². The summed E-state index contributed by atoms with van der Waals surface area (Å²) in [4.78, 5) is 235. The number of nitrogens with one attached hydrogen (secondary N) is 6. The van der Waals surface area contributed by atoms with Gasteiger partial charge in [0.25, 0.3) is 0 Å². The first-order chi connectivity index (χ1) is 52.6. The number of phenolic OH excluding ortho intramolecular Hbond substituents is 2. The van der Waals surface area contributed by atoms with Crippen LogP contribution in [0.25, 0.3) is 0 Å². The maximum atomic E-state index is 15.4. The number of aliphatic imine (C=N–C) groups is 1. The van der Waals surface area contributed by atoms with Crippen molar-refractivity contribution in [3.05, 3.63) is 69.1 Å². The van der Waals surface area contributed by atoms with Crippen LogP contribution in [0.2, 0.25) is 0 Å². The number of aryl methyl sites for hydroxylation is 1. The fraction of sp³-hybridized carbons (Fsp3) is 0.563. The van der Waals surface area contributed by atoms with Gasteiger partial charge >= 0.3 is 12.0 Å². The number of ketones is 6. The van der Waals surface area contributed by atoms with E-state index in [1.165, 1.54) is 53.3 Å². The number of carbonyl (C=O) groups excluding carboxylic acids is 15. The van der Waals surface area contributed by atoms with E-state index in [1.807, 2.05) is 22.6 Å². The van der Waals surface area contributed by atoms with Crippen molar-refractivity contribution in [1.82, 2.24) is 51.8 Å². The van der Waals surface area contributed by atoms with Gasteiger partial charge in [-0.15, -0.1) is 5.10 Å². The first-order valence-corrected chi connectivity index (χ1v) is 39.7. The zero-order valence-corrected chi connectivity index (χ0v) is 65.0. The third kappa shape index (κ3) is 29.5. The van der Waals surface area contributed by atoms with Crippen LogP contribution in [0.4, 0.5) is 4.79 Å². The number of phenols is 2. The minimum absolute atomic E-state index is 0.00149. The second-order valence-corrected chi connectivity index (χ2v) is 31.6. The number of aromatic nitrogens is 3. The molecule has 13 atom stereocenters. The standard InChI is InChI=1S/C71H98IN17O20S2/c1-36(90)63-58(98)29-43(30-62(101)102)69(108)89-21-5-9-51(89)57(97)27-40(6-2-18-79-70(76)77)66(105)83-49-31-44-34-88(87-86-44)20-4-8-47(81-61(100)33-73)56(96)32-59(68(107)85-63)111-110-35-50(55(95)28-42(64(75)103)22-37-10-14-45(91)15-11-37)84-67(106)41(13-17-60(74)99)26-53(93)48(24-38-12-16-52(92)46(72)23-38)82-65(104)39(25-54(49)94)7-3-19-80-71(78)109/h10-12,14-16,23,34,36,39-43,47-51,59,63,90-92H,2-9,13,17-22,24-33,35,73H2,1H3,(H2,74,99)(H2,75,103)(H,81,100)(H,82,104)(H,83,105)(H,84,106)(H,85,107)(H,101,102)(H4,76,77,79)(H3,78,80,109)/t36-,39-,40-,41-,42-,43+,47+,48+,49+,50+,51+,59-,63+/m1/s1. The number of Topliss-reactive ketones (excluding diaryl/α,β-unsaturated/α-hetero) is 6. The quantitative estimate of drug-likeness (QED) is 0.0155. The number of aliphatic hydroxyl groups excluding tert-OH is 1. The van der Waals surface area contributed by atoms with Crippen LogP contribution < -0.4 is 66.3 Å². The lowest BCUT2D eigenvalue weighted by atomic mass is 9.88. The van der Waals surface area contributed by atoms with Gasteiger partial charge in [-0.25, -0.2) is 4.79 Å². The number of hydrogen-bond acceptors (Lipinski definition) is 25. The molecule has 1 aromatic heterocycles. The molecule has 2 aromatic carbocycles.